The maximum Gasteiger partial charge on any atom is 0.338 e. The highest BCUT2D eigenvalue weighted by atomic mass is 16.5. The topological polar surface area (TPSA) is 47.6 Å². The zero-order valence-electron chi connectivity index (χ0n) is 12.1. The van der Waals surface area contributed by atoms with Gasteiger partial charge in [0.15, 0.2) is 0 Å². The van der Waals surface area contributed by atoms with Gasteiger partial charge < -0.3 is 14.8 Å². The van der Waals surface area contributed by atoms with Gasteiger partial charge in [-0.1, -0.05) is 19.1 Å². The Labute approximate surface area is 120 Å². The van der Waals surface area contributed by atoms with E-state index in [9.17, 15) is 4.79 Å². The standard InChI is InChI=1S/C16H23NO3/c1-2-10-19-16(18)14-7-5-13(6-8-14)12-20-15-4-3-9-17-11-15/h5-8,15,17H,2-4,9-12H2,1H3. The van der Waals surface area contributed by atoms with Crippen LogP contribution in [0.2, 0.25) is 0 Å². The number of carbonyl (C=O) groups excluding carboxylic acids is 1. The van der Waals surface area contributed by atoms with E-state index in [2.05, 4.69) is 5.32 Å². The van der Waals surface area contributed by atoms with Crippen LogP contribution >= 0.6 is 0 Å². The van der Waals surface area contributed by atoms with Crippen molar-refractivity contribution < 1.29 is 14.3 Å². The van der Waals surface area contributed by atoms with Gasteiger partial charge in [0.05, 0.1) is 24.9 Å². The highest BCUT2D eigenvalue weighted by Crippen LogP contribution is 2.11. The van der Waals surface area contributed by atoms with E-state index >= 15 is 0 Å². The molecule has 0 saturated carbocycles. The van der Waals surface area contributed by atoms with E-state index in [1.807, 2.05) is 19.1 Å². The molecule has 0 bridgehead atoms. The summed E-state index contributed by atoms with van der Waals surface area (Å²) >= 11 is 0. The first kappa shape index (κ1) is 15.0. The molecule has 4 heteroatoms. The first-order valence-corrected chi connectivity index (χ1v) is 7.38. The number of ether oxygens (including phenoxy) is 2. The van der Waals surface area contributed by atoms with Crippen LogP contribution in [0.25, 0.3) is 0 Å². The van der Waals surface area contributed by atoms with Crippen LogP contribution in [0.5, 0.6) is 0 Å². The van der Waals surface area contributed by atoms with Crippen molar-refractivity contribution >= 4 is 5.97 Å². The van der Waals surface area contributed by atoms with Crippen LogP contribution in [-0.2, 0) is 16.1 Å². The summed E-state index contributed by atoms with van der Waals surface area (Å²) in [4.78, 5) is 11.7. The molecular weight excluding hydrogens is 254 g/mol. The molecule has 1 aliphatic rings. The molecule has 110 valence electrons. The lowest BCUT2D eigenvalue weighted by molar-refractivity contribution is 0.0252. The van der Waals surface area contributed by atoms with Crippen LogP contribution in [0.15, 0.2) is 24.3 Å². The minimum Gasteiger partial charge on any atom is -0.462 e. The molecule has 2 rings (SSSR count). The Bertz CT molecular complexity index is 410. The molecule has 1 aromatic carbocycles. The van der Waals surface area contributed by atoms with E-state index in [0.717, 1.165) is 31.5 Å². The maximum atomic E-state index is 11.7. The fourth-order valence-electron chi connectivity index (χ4n) is 2.19. The van der Waals surface area contributed by atoms with Gasteiger partial charge in [-0.05, 0) is 43.5 Å². The van der Waals surface area contributed by atoms with Crippen molar-refractivity contribution in [3.8, 4) is 0 Å². The number of hydrogen-bond acceptors (Lipinski definition) is 4. The molecule has 1 heterocycles. The molecule has 1 atom stereocenters. The van der Waals surface area contributed by atoms with Gasteiger partial charge in [-0.2, -0.15) is 0 Å². The van der Waals surface area contributed by atoms with Crippen molar-refractivity contribution in [1.29, 1.82) is 0 Å². The summed E-state index contributed by atoms with van der Waals surface area (Å²) in [7, 11) is 0. The summed E-state index contributed by atoms with van der Waals surface area (Å²) < 4.78 is 10.9. The number of hydrogen-bond donors (Lipinski definition) is 1. The second-order valence-corrected chi connectivity index (χ2v) is 5.11. The van der Waals surface area contributed by atoms with Crippen molar-refractivity contribution in [3.63, 3.8) is 0 Å². The van der Waals surface area contributed by atoms with Gasteiger partial charge in [0.25, 0.3) is 0 Å². The lowest BCUT2D eigenvalue weighted by Crippen LogP contribution is -2.35. The summed E-state index contributed by atoms with van der Waals surface area (Å²) in [5.74, 6) is -0.254. The van der Waals surface area contributed by atoms with Gasteiger partial charge in [0.1, 0.15) is 0 Å². The van der Waals surface area contributed by atoms with Gasteiger partial charge in [-0.3, -0.25) is 0 Å². The van der Waals surface area contributed by atoms with E-state index in [-0.39, 0.29) is 5.97 Å². The van der Waals surface area contributed by atoms with E-state index in [4.69, 9.17) is 9.47 Å². The first-order chi connectivity index (χ1) is 9.79. The van der Waals surface area contributed by atoms with E-state index in [1.165, 1.54) is 6.42 Å². The molecule has 0 amide bonds. The summed E-state index contributed by atoms with van der Waals surface area (Å²) in [5, 5.41) is 3.33. The molecule has 0 aromatic heterocycles. The molecule has 20 heavy (non-hydrogen) atoms. The molecule has 4 nitrogen and oxygen atoms in total. The second-order valence-electron chi connectivity index (χ2n) is 5.11. The van der Waals surface area contributed by atoms with Gasteiger partial charge in [-0.25, -0.2) is 4.79 Å². The summed E-state index contributed by atoms with van der Waals surface area (Å²) in [6.07, 6.45) is 3.44. The second kappa shape index (κ2) is 8.02. The average molecular weight is 277 g/mol. The smallest absolute Gasteiger partial charge is 0.338 e. The molecule has 1 saturated heterocycles. The summed E-state index contributed by atoms with van der Waals surface area (Å²) in [6, 6.07) is 7.46. The molecule has 0 aliphatic carbocycles. The minimum atomic E-state index is -0.254. The van der Waals surface area contributed by atoms with Crippen LogP contribution in [0, 0.1) is 0 Å². The SMILES string of the molecule is CCCOC(=O)c1ccc(COC2CCCNC2)cc1. The van der Waals surface area contributed by atoms with Crippen LogP contribution in [0.4, 0.5) is 0 Å². The third kappa shape index (κ3) is 4.62. The van der Waals surface area contributed by atoms with Gasteiger partial charge in [0.2, 0.25) is 0 Å². The Kier molecular flexibility index (Phi) is 6.02. The number of carbonyl (C=O) groups is 1. The molecular formula is C16H23NO3. The first-order valence-electron chi connectivity index (χ1n) is 7.38. The van der Waals surface area contributed by atoms with Crippen molar-refractivity contribution in [2.45, 2.75) is 38.9 Å². The number of nitrogens with one attached hydrogen (secondary N) is 1. The quantitative estimate of drug-likeness (QED) is 0.812. The van der Waals surface area contributed by atoms with Crippen molar-refractivity contribution in [1.82, 2.24) is 5.32 Å². The van der Waals surface area contributed by atoms with Crippen molar-refractivity contribution in [3.05, 3.63) is 35.4 Å². The predicted molar refractivity (Wildman–Crippen MR) is 77.7 cm³/mol. The number of esters is 1. The van der Waals surface area contributed by atoms with Crippen LogP contribution < -0.4 is 5.32 Å². The molecule has 0 spiro atoms. The van der Waals surface area contributed by atoms with Gasteiger partial charge in [-0.15, -0.1) is 0 Å². The lowest BCUT2D eigenvalue weighted by Gasteiger charge is -2.23. The average Bonchev–Trinajstić information content (AvgIpc) is 2.52. The van der Waals surface area contributed by atoms with Crippen LogP contribution in [-0.4, -0.2) is 31.8 Å². The Morgan fingerprint density at radius 2 is 2.15 bits per heavy atom. The monoisotopic (exact) mass is 277 g/mol. The Morgan fingerprint density at radius 3 is 2.80 bits per heavy atom. The van der Waals surface area contributed by atoms with E-state index in [0.29, 0.717) is 24.9 Å². The van der Waals surface area contributed by atoms with E-state index in [1.54, 1.807) is 12.1 Å². The van der Waals surface area contributed by atoms with E-state index < -0.39 is 0 Å². The third-order valence-corrected chi connectivity index (χ3v) is 3.36. The largest absolute Gasteiger partial charge is 0.462 e. The van der Waals surface area contributed by atoms with Crippen molar-refractivity contribution in [2.24, 2.45) is 0 Å². The van der Waals surface area contributed by atoms with Gasteiger partial charge in [0, 0.05) is 6.54 Å². The zero-order valence-corrected chi connectivity index (χ0v) is 12.1. The van der Waals surface area contributed by atoms with Crippen LogP contribution in [0.1, 0.15) is 42.1 Å². The molecule has 0 radical (unpaired) electrons. The number of benzene rings is 1. The molecule has 1 N–H and O–H groups in total. The molecule has 1 fully saturated rings. The van der Waals surface area contributed by atoms with Crippen molar-refractivity contribution in [2.75, 3.05) is 19.7 Å². The number of rotatable bonds is 6. The predicted octanol–water partition coefficient (Wildman–Crippen LogP) is 2.52. The zero-order chi connectivity index (χ0) is 14.2. The highest BCUT2D eigenvalue weighted by Gasteiger charge is 2.13. The maximum absolute atomic E-state index is 11.7. The lowest BCUT2D eigenvalue weighted by atomic mass is 10.1. The van der Waals surface area contributed by atoms with Gasteiger partial charge >= 0.3 is 5.97 Å². The Balaban J connectivity index is 1.80. The minimum absolute atomic E-state index is 0.254. The molecule has 1 unspecified atom stereocenters. The third-order valence-electron chi connectivity index (χ3n) is 3.36. The Morgan fingerprint density at radius 1 is 1.35 bits per heavy atom. The van der Waals surface area contributed by atoms with Crippen LogP contribution in [0.3, 0.4) is 0 Å². The summed E-state index contributed by atoms with van der Waals surface area (Å²) in [5.41, 5.74) is 1.68. The number of piperidine rings is 1. The normalized spacial score (nSPS) is 18.8. The molecule has 1 aromatic rings. The fraction of sp³-hybridized carbons (Fsp3) is 0.562. The molecule has 1 aliphatic heterocycles. The summed E-state index contributed by atoms with van der Waals surface area (Å²) in [6.45, 7) is 5.07. The fourth-order valence-corrected chi connectivity index (χ4v) is 2.19. The Hall–Kier alpha value is -1.39. The highest BCUT2D eigenvalue weighted by molar-refractivity contribution is 5.89.